The minimum atomic E-state index is -0.780. The Kier molecular flexibility index (Phi) is 3.79. The van der Waals surface area contributed by atoms with E-state index in [2.05, 4.69) is 17.4 Å². The van der Waals surface area contributed by atoms with Crippen molar-refractivity contribution in [3.8, 4) is 0 Å². The van der Waals surface area contributed by atoms with Crippen LogP contribution in [0.5, 0.6) is 0 Å². The molecule has 1 aromatic carbocycles. The van der Waals surface area contributed by atoms with E-state index in [1.54, 1.807) is 24.3 Å². The molecule has 0 aliphatic carbocycles. The Bertz CT molecular complexity index is 273. The summed E-state index contributed by atoms with van der Waals surface area (Å²) in [5.41, 5.74) is 0.720. The van der Waals surface area contributed by atoms with Crippen molar-refractivity contribution in [2.75, 3.05) is 6.61 Å². The second-order valence-corrected chi connectivity index (χ2v) is 2.87. The minimum absolute atomic E-state index is 0.0631. The van der Waals surface area contributed by atoms with Gasteiger partial charge >= 0.3 is 5.30 Å². The predicted molar refractivity (Wildman–Crippen MR) is 51.7 cm³/mol. The first-order valence-electron chi connectivity index (χ1n) is 3.79. The fraction of sp³-hybridized carbons (Fsp3) is 0.222. The second-order valence-electron chi connectivity index (χ2n) is 2.50. The maximum Gasteiger partial charge on any atom is 0.364 e. The average molecular weight is 198 g/mol. The molecule has 0 saturated heterocycles. The summed E-state index contributed by atoms with van der Waals surface area (Å²) < 4.78 is 4.53. The van der Waals surface area contributed by atoms with Crippen molar-refractivity contribution in [3.63, 3.8) is 0 Å². The van der Waals surface area contributed by atoms with Crippen molar-refractivity contribution >= 4 is 17.9 Å². The molecule has 3 nitrogen and oxygen atoms in total. The van der Waals surface area contributed by atoms with Crippen LogP contribution in [-0.2, 0) is 4.74 Å². The molecule has 1 N–H and O–H groups in total. The van der Waals surface area contributed by atoms with Gasteiger partial charge in [-0.3, -0.25) is 0 Å². The minimum Gasteiger partial charge on any atom is -0.455 e. The van der Waals surface area contributed by atoms with Crippen LogP contribution in [-0.4, -0.2) is 17.0 Å². The van der Waals surface area contributed by atoms with Gasteiger partial charge in [0.2, 0.25) is 0 Å². The van der Waals surface area contributed by atoms with E-state index in [1.807, 2.05) is 6.07 Å². The standard InChI is InChI=1S/C9H10O3S/c10-8(6-12-9(11)13)7-4-2-1-3-5-7/h1-5,8,10H,6H2,(H,11,13). The van der Waals surface area contributed by atoms with E-state index in [-0.39, 0.29) is 6.61 Å². The van der Waals surface area contributed by atoms with E-state index < -0.39 is 11.4 Å². The van der Waals surface area contributed by atoms with Crippen molar-refractivity contribution in [1.82, 2.24) is 0 Å². The fourth-order valence-corrected chi connectivity index (χ4v) is 0.996. The van der Waals surface area contributed by atoms with Gasteiger partial charge in [-0.05, 0) is 5.56 Å². The highest BCUT2D eigenvalue weighted by molar-refractivity contribution is 7.96. The van der Waals surface area contributed by atoms with Gasteiger partial charge in [-0.15, -0.1) is 0 Å². The molecule has 0 spiro atoms. The van der Waals surface area contributed by atoms with Crippen molar-refractivity contribution in [3.05, 3.63) is 35.9 Å². The summed E-state index contributed by atoms with van der Waals surface area (Å²) >= 11 is 3.41. The van der Waals surface area contributed by atoms with Crippen molar-refractivity contribution in [2.24, 2.45) is 0 Å². The molecule has 0 fully saturated rings. The van der Waals surface area contributed by atoms with Crippen molar-refractivity contribution in [1.29, 1.82) is 0 Å². The summed E-state index contributed by atoms with van der Waals surface area (Å²) in [6.45, 7) is -0.0631. The summed E-state index contributed by atoms with van der Waals surface area (Å²) in [4.78, 5) is 10.3. The molecular formula is C9H10O3S. The molecule has 1 aromatic rings. The zero-order valence-electron chi connectivity index (χ0n) is 6.88. The first kappa shape index (κ1) is 10.1. The molecule has 0 radical (unpaired) electrons. The number of rotatable bonds is 3. The molecule has 0 amide bonds. The summed E-state index contributed by atoms with van der Waals surface area (Å²) in [6, 6.07) is 8.98. The van der Waals surface area contributed by atoms with Gasteiger partial charge in [0.15, 0.2) is 0 Å². The van der Waals surface area contributed by atoms with Gasteiger partial charge < -0.3 is 9.84 Å². The largest absolute Gasteiger partial charge is 0.455 e. The van der Waals surface area contributed by atoms with Gasteiger partial charge in [-0.2, -0.15) is 0 Å². The van der Waals surface area contributed by atoms with Crippen molar-refractivity contribution in [2.45, 2.75) is 6.10 Å². The molecule has 0 heterocycles. The number of carbonyl (C=O) groups excluding carboxylic acids is 1. The van der Waals surface area contributed by atoms with E-state index >= 15 is 0 Å². The number of carbonyl (C=O) groups is 1. The molecule has 0 aliphatic heterocycles. The van der Waals surface area contributed by atoms with Crippen LogP contribution in [0.25, 0.3) is 0 Å². The van der Waals surface area contributed by atoms with Crippen LogP contribution in [0.1, 0.15) is 11.7 Å². The average Bonchev–Trinajstić information content (AvgIpc) is 2.15. The number of ether oxygens (including phenoxy) is 1. The molecular weight excluding hydrogens is 188 g/mol. The van der Waals surface area contributed by atoms with E-state index in [4.69, 9.17) is 0 Å². The summed E-state index contributed by atoms with van der Waals surface area (Å²) in [5.74, 6) is 0. The maximum atomic E-state index is 10.3. The first-order valence-corrected chi connectivity index (χ1v) is 4.23. The van der Waals surface area contributed by atoms with Gasteiger partial charge in [0.25, 0.3) is 0 Å². The van der Waals surface area contributed by atoms with Crippen LogP contribution in [0.3, 0.4) is 0 Å². The third kappa shape index (κ3) is 3.48. The van der Waals surface area contributed by atoms with E-state index in [1.165, 1.54) is 0 Å². The predicted octanol–water partition coefficient (Wildman–Crippen LogP) is 1.79. The van der Waals surface area contributed by atoms with Gasteiger partial charge in [-0.25, -0.2) is 4.79 Å². The van der Waals surface area contributed by atoms with Crippen LogP contribution in [0.15, 0.2) is 30.3 Å². The molecule has 1 unspecified atom stereocenters. The van der Waals surface area contributed by atoms with E-state index in [9.17, 15) is 9.90 Å². The second kappa shape index (κ2) is 4.89. The number of benzene rings is 1. The SMILES string of the molecule is O=C(S)OCC(O)c1ccccc1. The molecule has 0 bridgehead atoms. The number of aliphatic hydroxyl groups is 1. The highest BCUT2D eigenvalue weighted by atomic mass is 32.1. The third-order valence-electron chi connectivity index (χ3n) is 1.55. The first-order chi connectivity index (χ1) is 6.20. The lowest BCUT2D eigenvalue weighted by Gasteiger charge is -2.09. The highest BCUT2D eigenvalue weighted by Crippen LogP contribution is 2.12. The fourth-order valence-electron chi connectivity index (χ4n) is 0.922. The Morgan fingerprint density at radius 3 is 2.62 bits per heavy atom. The monoisotopic (exact) mass is 198 g/mol. The number of thiol groups is 1. The molecule has 13 heavy (non-hydrogen) atoms. The van der Waals surface area contributed by atoms with Gasteiger partial charge in [0, 0.05) is 0 Å². The Labute approximate surface area is 81.8 Å². The van der Waals surface area contributed by atoms with Crippen LogP contribution in [0.2, 0.25) is 0 Å². The highest BCUT2D eigenvalue weighted by Gasteiger charge is 2.07. The molecule has 1 rings (SSSR count). The van der Waals surface area contributed by atoms with Crippen LogP contribution < -0.4 is 0 Å². The quantitative estimate of drug-likeness (QED) is 0.575. The number of hydrogen-bond donors (Lipinski definition) is 2. The third-order valence-corrected chi connectivity index (χ3v) is 1.68. The number of hydrogen-bond acceptors (Lipinski definition) is 3. The zero-order valence-corrected chi connectivity index (χ0v) is 7.78. The van der Waals surface area contributed by atoms with Crippen LogP contribution in [0, 0.1) is 0 Å². The topological polar surface area (TPSA) is 46.5 Å². The van der Waals surface area contributed by atoms with Crippen LogP contribution in [0.4, 0.5) is 4.79 Å². The molecule has 0 aromatic heterocycles. The Morgan fingerprint density at radius 1 is 1.46 bits per heavy atom. The number of aliphatic hydroxyl groups excluding tert-OH is 1. The Balaban J connectivity index is 2.49. The van der Waals surface area contributed by atoms with Gasteiger partial charge in [-0.1, -0.05) is 43.0 Å². The van der Waals surface area contributed by atoms with Gasteiger partial charge in [0.05, 0.1) is 0 Å². The van der Waals surface area contributed by atoms with E-state index in [0.717, 1.165) is 5.56 Å². The van der Waals surface area contributed by atoms with Gasteiger partial charge in [0.1, 0.15) is 12.7 Å². The molecule has 0 saturated carbocycles. The normalized spacial score (nSPS) is 12.2. The van der Waals surface area contributed by atoms with Crippen molar-refractivity contribution < 1.29 is 14.6 Å². The zero-order chi connectivity index (χ0) is 9.68. The molecule has 0 aliphatic rings. The molecule has 70 valence electrons. The lowest BCUT2D eigenvalue weighted by atomic mass is 10.1. The maximum absolute atomic E-state index is 10.3. The smallest absolute Gasteiger partial charge is 0.364 e. The summed E-state index contributed by atoms with van der Waals surface area (Å²) in [7, 11) is 0. The lowest BCUT2D eigenvalue weighted by Crippen LogP contribution is -2.08. The lowest BCUT2D eigenvalue weighted by molar-refractivity contribution is 0.0815. The Hall–Kier alpha value is -1.00. The Morgan fingerprint density at radius 2 is 2.08 bits per heavy atom. The summed E-state index contributed by atoms with van der Waals surface area (Å²) in [6.07, 6.45) is -0.780. The molecule has 4 heteroatoms. The molecule has 1 atom stereocenters. The van der Waals surface area contributed by atoms with Crippen LogP contribution >= 0.6 is 12.6 Å². The summed E-state index contributed by atoms with van der Waals surface area (Å²) in [5, 5.41) is 8.77. The van der Waals surface area contributed by atoms with E-state index in [0.29, 0.717) is 0 Å².